The second-order valence-electron chi connectivity index (χ2n) is 5.47. The third-order valence-corrected chi connectivity index (χ3v) is 3.57. The van der Waals surface area contributed by atoms with Gasteiger partial charge in [0.05, 0.1) is 0 Å². The Hall–Kier alpha value is -1.30. The van der Waals surface area contributed by atoms with E-state index in [-0.39, 0.29) is 5.92 Å². The van der Waals surface area contributed by atoms with Crippen LogP contribution in [0.25, 0.3) is 0 Å². The Morgan fingerprint density at radius 2 is 2.10 bits per heavy atom. The first kappa shape index (κ1) is 16.8. The molecule has 1 aliphatic carbocycles. The summed E-state index contributed by atoms with van der Waals surface area (Å²) in [4.78, 5) is 22.7. The molecule has 2 amide bonds. The van der Waals surface area contributed by atoms with Crippen molar-refractivity contribution in [2.24, 2.45) is 11.8 Å². The average molecular weight is 286 g/mol. The van der Waals surface area contributed by atoms with Crippen LogP contribution in [0.5, 0.6) is 0 Å². The molecule has 2 atom stereocenters. The standard InChI is InChI=1S/C14H26N2O4/c1-3-10(2)12(13(17)18)16-14(19)15-7-4-8-20-9-11-5-6-11/h10-12H,3-9H2,1-2H3,(H,17,18)(H2,15,16,19)/t10-,12-/m0/s1. The summed E-state index contributed by atoms with van der Waals surface area (Å²) in [5, 5.41) is 14.2. The second kappa shape index (κ2) is 8.79. The van der Waals surface area contributed by atoms with Gasteiger partial charge in [-0.3, -0.25) is 0 Å². The van der Waals surface area contributed by atoms with Gasteiger partial charge in [-0.05, 0) is 31.1 Å². The zero-order chi connectivity index (χ0) is 15.0. The average Bonchev–Trinajstić information content (AvgIpc) is 3.22. The number of ether oxygens (including phenoxy) is 1. The summed E-state index contributed by atoms with van der Waals surface area (Å²) < 4.78 is 5.45. The molecular formula is C14H26N2O4. The van der Waals surface area contributed by atoms with Crippen molar-refractivity contribution < 1.29 is 19.4 Å². The molecule has 0 aliphatic heterocycles. The molecule has 1 saturated carbocycles. The van der Waals surface area contributed by atoms with Crippen LogP contribution in [0.4, 0.5) is 4.79 Å². The number of nitrogens with one attached hydrogen (secondary N) is 2. The van der Waals surface area contributed by atoms with E-state index in [1.165, 1.54) is 12.8 Å². The minimum Gasteiger partial charge on any atom is -0.480 e. The Morgan fingerprint density at radius 1 is 1.40 bits per heavy atom. The third-order valence-electron chi connectivity index (χ3n) is 3.57. The van der Waals surface area contributed by atoms with Crippen LogP contribution in [0.1, 0.15) is 39.5 Å². The lowest BCUT2D eigenvalue weighted by molar-refractivity contribution is -0.140. The first-order chi connectivity index (χ1) is 9.54. The first-order valence-electron chi connectivity index (χ1n) is 7.39. The van der Waals surface area contributed by atoms with Gasteiger partial charge in [0.15, 0.2) is 0 Å². The maximum Gasteiger partial charge on any atom is 0.326 e. The highest BCUT2D eigenvalue weighted by Gasteiger charge is 2.25. The summed E-state index contributed by atoms with van der Waals surface area (Å²) in [6.45, 7) is 5.65. The van der Waals surface area contributed by atoms with Crippen molar-refractivity contribution in [2.75, 3.05) is 19.8 Å². The number of hydrogen-bond donors (Lipinski definition) is 3. The molecule has 0 aromatic carbocycles. The van der Waals surface area contributed by atoms with Crippen LogP contribution in [0.2, 0.25) is 0 Å². The van der Waals surface area contributed by atoms with E-state index >= 15 is 0 Å². The van der Waals surface area contributed by atoms with E-state index in [4.69, 9.17) is 9.84 Å². The molecule has 0 aromatic rings. The van der Waals surface area contributed by atoms with Gasteiger partial charge in [0, 0.05) is 19.8 Å². The number of carbonyl (C=O) groups is 2. The highest BCUT2D eigenvalue weighted by atomic mass is 16.5. The second-order valence-corrected chi connectivity index (χ2v) is 5.47. The summed E-state index contributed by atoms with van der Waals surface area (Å²) in [6, 6.07) is -1.27. The molecule has 20 heavy (non-hydrogen) atoms. The fraction of sp³-hybridized carbons (Fsp3) is 0.857. The number of hydrogen-bond acceptors (Lipinski definition) is 3. The predicted octanol–water partition coefficient (Wildman–Crippen LogP) is 1.60. The van der Waals surface area contributed by atoms with Crippen molar-refractivity contribution in [1.82, 2.24) is 10.6 Å². The number of carbonyl (C=O) groups excluding carboxylic acids is 1. The van der Waals surface area contributed by atoms with Crippen molar-refractivity contribution in [3.63, 3.8) is 0 Å². The Kier molecular flexibility index (Phi) is 7.36. The number of aliphatic carboxylic acids is 1. The topological polar surface area (TPSA) is 87.7 Å². The molecule has 1 fully saturated rings. The van der Waals surface area contributed by atoms with Crippen LogP contribution in [-0.2, 0) is 9.53 Å². The van der Waals surface area contributed by atoms with E-state index in [1.807, 2.05) is 13.8 Å². The molecule has 6 nitrogen and oxygen atoms in total. The molecule has 0 heterocycles. The van der Waals surface area contributed by atoms with Crippen LogP contribution < -0.4 is 10.6 Å². The predicted molar refractivity (Wildman–Crippen MR) is 75.6 cm³/mol. The van der Waals surface area contributed by atoms with Crippen molar-refractivity contribution >= 4 is 12.0 Å². The summed E-state index contributed by atoms with van der Waals surface area (Å²) in [7, 11) is 0. The Labute approximate surface area is 120 Å². The van der Waals surface area contributed by atoms with E-state index in [9.17, 15) is 9.59 Å². The molecule has 0 aromatic heterocycles. The van der Waals surface area contributed by atoms with Gasteiger partial charge in [0.1, 0.15) is 6.04 Å². The molecule has 1 aliphatic rings. The SMILES string of the molecule is CC[C@H](C)[C@H](NC(=O)NCCCOCC1CC1)C(=O)O. The molecule has 3 N–H and O–H groups in total. The number of rotatable bonds is 10. The summed E-state index contributed by atoms with van der Waals surface area (Å²) in [6.07, 6.45) is 3.98. The zero-order valence-corrected chi connectivity index (χ0v) is 12.4. The van der Waals surface area contributed by atoms with Gasteiger partial charge in [-0.2, -0.15) is 0 Å². The van der Waals surface area contributed by atoms with Gasteiger partial charge in [-0.1, -0.05) is 20.3 Å². The molecule has 0 saturated heterocycles. The van der Waals surface area contributed by atoms with Crippen LogP contribution >= 0.6 is 0 Å². The number of carboxylic acid groups (broad SMARTS) is 1. The number of urea groups is 1. The maximum absolute atomic E-state index is 11.6. The minimum atomic E-state index is -0.998. The molecule has 0 unspecified atom stereocenters. The summed E-state index contributed by atoms with van der Waals surface area (Å²) in [5.41, 5.74) is 0. The zero-order valence-electron chi connectivity index (χ0n) is 12.4. The van der Waals surface area contributed by atoms with Crippen molar-refractivity contribution in [2.45, 2.75) is 45.6 Å². The lowest BCUT2D eigenvalue weighted by Gasteiger charge is -2.20. The lowest BCUT2D eigenvalue weighted by Crippen LogP contribution is -2.49. The normalized spacial score (nSPS) is 17.3. The summed E-state index contributed by atoms with van der Waals surface area (Å²) in [5.74, 6) is -0.347. The van der Waals surface area contributed by atoms with E-state index in [2.05, 4.69) is 10.6 Å². The molecule has 6 heteroatoms. The van der Waals surface area contributed by atoms with E-state index in [1.54, 1.807) is 0 Å². The van der Waals surface area contributed by atoms with Crippen molar-refractivity contribution in [3.8, 4) is 0 Å². The Bertz CT molecular complexity index is 318. The largest absolute Gasteiger partial charge is 0.480 e. The first-order valence-corrected chi connectivity index (χ1v) is 7.39. The molecule has 116 valence electrons. The van der Waals surface area contributed by atoms with Crippen molar-refractivity contribution in [1.29, 1.82) is 0 Å². The highest BCUT2D eigenvalue weighted by Crippen LogP contribution is 2.28. The highest BCUT2D eigenvalue weighted by molar-refractivity contribution is 5.82. The van der Waals surface area contributed by atoms with Gasteiger partial charge in [-0.25, -0.2) is 9.59 Å². The molecule has 0 bridgehead atoms. The maximum atomic E-state index is 11.6. The molecule has 0 spiro atoms. The Morgan fingerprint density at radius 3 is 2.65 bits per heavy atom. The van der Waals surface area contributed by atoms with Gasteiger partial charge in [0.2, 0.25) is 0 Å². The van der Waals surface area contributed by atoms with Crippen LogP contribution in [0, 0.1) is 11.8 Å². The van der Waals surface area contributed by atoms with Crippen LogP contribution in [0.3, 0.4) is 0 Å². The van der Waals surface area contributed by atoms with E-state index < -0.39 is 18.0 Å². The van der Waals surface area contributed by atoms with Crippen LogP contribution in [0.15, 0.2) is 0 Å². The number of amides is 2. The Balaban J connectivity index is 2.09. The third kappa shape index (κ3) is 6.75. The van der Waals surface area contributed by atoms with Gasteiger partial charge >= 0.3 is 12.0 Å². The number of carboxylic acids is 1. The minimum absolute atomic E-state index is 0.0971. The van der Waals surface area contributed by atoms with E-state index in [0.29, 0.717) is 19.6 Å². The molecule has 1 rings (SSSR count). The lowest BCUT2D eigenvalue weighted by atomic mass is 9.99. The van der Waals surface area contributed by atoms with Crippen molar-refractivity contribution in [3.05, 3.63) is 0 Å². The molecule has 0 radical (unpaired) electrons. The quantitative estimate of drug-likeness (QED) is 0.532. The monoisotopic (exact) mass is 286 g/mol. The van der Waals surface area contributed by atoms with Gasteiger partial charge in [-0.15, -0.1) is 0 Å². The fourth-order valence-corrected chi connectivity index (χ4v) is 1.79. The van der Waals surface area contributed by atoms with Gasteiger partial charge < -0.3 is 20.5 Å². The van der Waals surface area contributed by atoms with E-state index in [0.717, 1.165) is 18.9 Å². The van der Waals surface area contributed by atoms with Gasteiger partial charge in [0.25, 0.3) is 0 Å². The fourth-order valence-electron chi connectivity index (χ4n) is 1.79. The summed E-state index contributed by atoms with van der Waals surface area (Å²) >= 11 is 0. The van der Waals surface area contributed by atoms with Crippen LogP contribution in [-0.4, -0.2) is 42.9 Å². The molecular weight excluding hydrogens is 260 g/mol. The smallest absolute Gasteiger partial charge is 0.326 e.